The van der Waals surface area contributed by atoms with Gasteiger partial charge in [0.25, 0.3) is 0 Å². The molecule has 94 valence electrons. The number of amides is 1. The van der Waals surface area contributed by atoms with Crippen molar-refractivity contribution in [3.05, 3.63) is 35.4 Å². The van der Waals surface area contributed by atoms with E-state index in [1.54, 1.807) is 0 Å². The number of nitrogens with one attached hydrogen (secondary N) is 1. The molecule has 3 heteroatoms. The lowest BCUT2D eigenvalue weighted by molar-refractivity contribution is -0.121. The van der Waals surface area contributed by atoms with Crippen molar-refractivity contribution >= 4 is 17.5 Å². The van der Waals surface area contributed by atoms with Gasteiger partial charge >= 0.3 is 0 Å². The molecule has 0 saturated heterocycles. The van der Waals surface area contributed by atoms with Crippen LogP contribution < -0.4 is 5.32 Å². The lowest BCUT2D eigenvalue weighted by Gasteiger charge is -2.06. The minimum Gasteiger partial charge on any atom is -0.356 e. The van der Waals surface area contributed by atoms with Gasteiger partial charge in [0.1, 0.15) is 0 Å². The zero-order valence-electron chi connectivity index (χ0n) is 10.3. The lowest BCUT2D eigenvalue weighted by Crippen LogP contribution is -2.24. The monoisotopic (exact) mass is 253 g/mol. The van der Waals surface area contributed by atoms with Gasteiger partial charge in [-0.3, -0.25) is 4.79 Å². The molecule has 1 amide bonds. The molecule has 1 rings (SSSR count). The molecule has 2 nitrogen and oxygen atoms in total. The molecular weight excluding hydrogens is 234 g/mol. The summed E-state index contributed by atoms with van der Waals surface area (Å²) in [6.07, 6.45) is 3.29. The zero-order chi connectivity index (χ0) is 12.5. The summed E-state index contributed by atoms with van der Waals surface area (Å²) < 4.78 is 0. The van der Waals surface area contributed by atoms with Crippen LogP contribution >= 0.6 is 11.6 Å². The second-order valence-electron chi connectivity index (χ2n) is 4.17. The van der Waals surface area contributed by atoms with Crippen molar-refractivity contribution in [2.75, 3.05) is 12.4 Å². The van der Waals surface area contributed by atoms with Crippen molar-refractivity contribution in [1.82, 2.24) is 5.32 Å². The molecule has 0 aliphatic rings. The number of rotatable bonds is 7. The van der Waals surface area contributed by atoms with Crippen LogP contribution in [0, 0.1) is 6.92 Å². The Kier molecular flexibility index (Phi) is 6.71. The van der Waals surface area contributed by atoms with E-state index >= 15 is 0 Å². The molecule has 0 unspecified atom stereocenters. The maximum Gasteiger partial charge on any atom is 0.220 e. The number of unbranched alkanes of at least 4 members (excludes halogenated alkanes) is 1. The van der Waals surface area contributed by atoms with Crippen LogP contribution in [0.4, 0.5) is 0 Å². The third-order valence-corrected chi connectivity index (χ3v) is 3.03. The van der Waals surface area contributed by atoms with Gasteiger partial charge in [-0.1, -0.05) is 24.3 Å². The maximum absolute atomic E-state index is 11.5. The smallest absolute Gasteiger partial charge is 0.220 e. The van der Waals surface area contributed by atoms with Gasteiger partial charge < -0.3 is 5.32 Å². The molecule has 0 heterocycles. The Hall–Kier alpha value is -1.02. The van der Waals surface area contributed by atoms with Gasteiger partial charge in [-0.25, -0.2) is 0 Å². The highest BCUT2D eigenvalue weighted by molar-refractivity contribution is 6.17. The molecule has 0 aromatic heterocycles. The fourth-order valence-corrected chi connectivity index (χ4v) is 1.86. The molecule has 1 aromatic rings. The summed E-state index contributed by atoms with van der Waals surface area (Å²) in [6.45, 7) is 2.81. The topological polar surface area (TPSA) is 29.1 Å². The molecule has 0 aliphatic carbocycles. The molecule has 0 spiro atoms. The van der Waals surface area contributed by atoms with Crippen LogP contribution in [0.3, 0.4) is 0 Å². The molecule has 0 fully saturated rings. The first-order chi connectivity index (χ1) is 8.24. The van der Waals surface area contributed by atoms with Crippen LogP contribution in [0.15, 0.2) is 24.3 Å². The summed E-state index contributed by atoms with van der Waals surface area (Å²) >= 11 is 5.56. The van der Waals surface area contributed by atoms with E-state index in [2.05, 4.69) is 24.4 Å². The number of hydrogen-bond acceptors (Lipinski definition) is 1. The Morgan fingerprint density at radius 3 is 2.76 bits per heavy atom. The molecule has 0 bridgehead atoms. The van der Waals surface area contributed by atoms with Crippen molar-refractivity contribution in [2.24, 2.45) is 0 Å². The molecule has 0 atom stereocenters. The van der Waals surface area contributed by atoms with Gasteiger partial charge in [0.05, 0.1) is 0 Å². The van der Waals surface area contributed by atoms with Crippen LogP contribution in [0.2, 0.25) is 0 Å². The van der Waals surface area contributed by atoms with E-state index in [0.29, 0.717) is 12.3 Å². The average molecular weight is 254 g/mol. The number of alkyl halides is 1. The van der Waals surface area contributed by atoms with E-state index in [4.69, 9.17) is 11.6 Å². The Balaban J connectivity index is 2.22. The first-order valence-corrected chi connectivity index (χ1v) is 6.64. The summed E-state index contributed by atoms with van der Waals surface area (Å²) in [7, 11) is 0. The molecule has 1 aromatic carbocycles. The molecule has 17 heavy (non-hydrogen) atoms. The van der Waals surface area contributed by atoms with E-state index in [-0.39, 0.29) is 5.91 Å². The standard InChI is InChI=1S/C14H20ClNO/c1-12-6-2-3-7-13(12)8-9-14(17)16-11-5-4-10-15/h2-3,6-7H,4-5,8-11H2,1H3,(H,16,17). The van der Waals surface area contributed by atoms with Gasteiger partial charge in [-0.15, -0.1) is 11.6 Å². The van der Waals surface area contributed by atoms with E-state index < -0.39 is 0 Å². The van der Waals surface area contributed by atoms with Crippen LogP contribution in [0.1, 0.15) is 30.4 Å². The number of aryl methyl sites for hydroxylation is 2. The highest BCUT2D eigenvalue weighted by atomic mass is 35.5. The number of carbonyl (C=O) groups is 1. The molecule has 1 N–H and O–H groups in total. The van der Waals surface area contributed by atoms with E-state index in [1.807, 2.05) is 12.1 Å². The Labute approximate surface area is 108 Å². The minimum atomic E-state index is 0.128. The summed E-state index contributed by atoms with van der Waals surface area (Å²) in [4.78, 5) is 11.5. The average Bonchev–Trinajstić information content (AvgIpc) is 2.34. The van der Waals surface area contributed by atoms with Crippen molar-refractivity contribution in [1.29, 1.82) is 0 Å². The second-order valence-corrected chi connectivity index (χ2v) is 4.55. The molecule has 0 radical (unpaired) electrons. The predicted octanol–water partition coefficient (Wildman–Crippen LogP) is 3.06. The fourth-order valence-electron chi connectivity index (χ4n) is 1.67. The van der Waals surface area contributed by atoms with Crippen LogP contribution in [-0.2, 0) is 11.2 Å². The number of benzene rings is 1. The number of hydrogen-bond donors (Lipinski definition) is 1. The van der Waals surface area contributed by atoms with Crippen LogP contribution in [0.5, 0.6) is 0 Å². The zero-order valence-corrected chi connectivity index (χ0v) is 11.1. The molecular formula is C14H20ClNO. The van der Waals surface area contributed by atoms with Gasteiger partial charge in [-0.05, 0) is 37.3 Å². The number of carbonyl (C=O) groups excluding carboxylic acids is 1. The highest BCUT2D eigenvalue weighted by Crippen LogP contribution is 2.09. The second kappa shape index (κ2) is 8.13. The summed E-state index contributed by atoms with van der Waals surface area (Å²) in [6, 6.07) is 8.19. The number of halogens is 1. The van der Waals surface area contributed by atoms with Crippen molar-refractivity contribution < 1.29 is 4.79 Å². The minimum absolute atomic E-state index is 0.128. The van der Waals surface area contributed by atoms with Crippen LogP contribution in [-0.4, -0.2) is 18.3 Å². The SMILES string of the molecule is Cc1ccccc1CCC(=O)NCCCCCl. The van der Waals surface area contributed by atoms with E-state index in [1.165, 1.54) is 11.1 Å². The Bertz CT molecular complexity index is 352. The maximum atomic E-state index is 11.5. The first kappa shape index (κ1) is 14.0. The Morgan fingerprint density at radius 2 is 2.06 bits per heavy atom. The highest BCUT2D eigenvalue weighted by Gasteiger charge is 2.03. The predicted molar refractivity (Wildman–Crippen MR) is 72.5 cm³/mol. The first-order valence-electron chi connectivity index (χ1n) is 6.11. The van der Waals surface area contributed by atoms with Crippen molar-refractivity contribution in [2.45, 2.75) is 32.6 Å². The normalized spacial score (nSPS) is 10.2. The Morgan fingerprint density at radius 1 is 1.29 bits per heavy atom. The van der Waals surface area contributed by atoms with Crippen molar-refractivity contribution in [3.63, 3.8) is 0 Å². The largest absolute Gasteiger partial charge is 0.356 e. The quantitative estimate of drug-likeness (QED) is 0.587. The van der Waals surface area contributed by atoms with E-state index in [0.717, 1.165) is 25.8 Å². The summed E-state index contributed by atoms with van der Waals surface area (Å²) in [5, 5.41) is 2.91. The molecule has 0 aliphatic heterocycles. The third-order valence-electron chi connectivity index (χ3n) is 2.77. The third kappa shape index (κ3) is 5.73. The fraction of sp³-hybridized carbons (Fsp3) is 0.500. The van der Waals surface area contributed by atoms with E-state index in [9.17, 15) is 4.79 Å². The molecule has 0 saturated carbocycles. The van der Waals surface area contributed by atoms with Gasteiger partial charge in [0, 0.05) is 18.8 Å². The van der Waals surface area contributed by atoms with Gasteiger partial charge in [0.15, 0.2) is 0 Å². The summed E-state index contributed by atoms with van der Waals surface area (Å²) in [5.74, 6) is 0.793. The lowest BCUT2D eigenvalue weighted by atomic mass is 10.0. The van der Waals surface area contributed by atoms with Crippen LogP contribution in [0.25, 0.3) is 0 Å². The van der Waals surface area contributed by atoms with Gasteiger partial charge in [-0.2, -0.15) is 0 Å². The van der Waals surface area contributed by atoms with Gasteiger partial charge in [0.2, 0.25) is 5.91 Å². The summed E-state index contributed by atoms with van der Waals surface area (Å²) in [5.41, 5.74) is 2.51. The van der Waals surface area contributed by atoms with Crippen molar-refractivity contribution in [3.8, 4) is 0 Å².